The smallest absolute Gasteiger partial charge is 0.124 e. The molecule has 0 saturated heterocycles. The van der Waals surface area contributed by atoms with Crippen molar-refractivity contribution in [1.82, 2.24) is 9.97 Å². The predicted molar refractivity (Wildman–Crippen MR) is 120 cm³/mol. The van der Waals surface area contributed by atoms with Crippen molar-refractivity contribution in [2.24, 2.45) is 0 Å². The molecule has 0 spiro atoms. The molecule has 2 aromatic heterocycles. The highest BCUT2D eigenvalue weighted by Gasteiger charge is 2.12. The SMILES string of the molecule is C#Cc1ccc(-c2nc3cc4sc(-c5ccc(C#C)cc5)nc4cc3s2)cc1. The maximum absolute atomic E-state index is 5.44. The average molecular weight is 393 g/mol. The second-order valence-corrected chi connectivity index (χ2v) is 8.33. The molecule has 3 aromatic carbocycles. The Balaban J connectivity index is 1.56. The van der Waals surface area contributed by atoms with Gasteiger partial charge in [-0.25, -0.2) is 9.97 Å². The van der Waals surface area contributed by atoms with E-state index in [9.17, 15) is 0 Å². The van der Waals surface area contributed by atoms with Crippen LogP contribution in [0.3, 0.4) is 0 Å². The molecule has 0 aliphatic rings. The van der Waals surface area contributed by atoms with Crippen LogP contribution in [-0.4, -0.2) is 9.97 Å². The minimum Gasteiger partial charge on any atom is -0.236 e. The number of rotatable bonds is 2. The van der Waals surface area contributed by atoms with E-state index in [1.165, 1.54) is 0 Å². The van der Waals surface area contributed by atoms with Crippen LogP contribution >= 0.6 is 22.7 Å². The average Bonchev–Trinajstić information content (AvgIpc) is 3.35. The fourth-order valence-corrected chi connectivity index (χ4v) is 4.99. The van der Waals surface area contributed by atoms with E-state index in [0.29, 0.717) is 0 Å². The van der Waals surface area contributed by atoms with Gasteiger partial charge in [-0.05, 0) is 36.4 Å². The number of terminal acetylenes is 2. The second kappa shape index (κ2) is 6.62. The third-order valence-electron chi connectivity index (χ3n) is 4.49. The molecular formula is C24H12N2S2. The lowest BCUT2D eigenvalue weighted by atomic mass is 10.1. The fourth-order valence-electron chi connectivity index (χ4n) is 3.01. The number of aromatic nitrogens is 2. The van der Waals surface area contributed by atoms with Crippen molar-refractivity contribution in [3.63, 3.8) is 0 Å². The van der Waals surface area contributed by atoms with Crippen LogP contribution in [0, 0.1) is 24.7 Å². The molecule has 0 aliphatic heterocycles. The minimum atomic E-state index is 0.873. The van der Waals surface area contributed by atoms with Gasteiger partial charge in [-0.15, -0.1) is 35.5 Å². The van der Waals surface area contributed by atoms with E-state index < -0.39 is 0 Å². The molecule has 0 N–H and O–H groups in total. The highest BCUT2D eigenvalue weighted by molar-refractivity contribution is 7.23. The Hall–Kier alpha value is -3.44. The second-order valence-electron chi connectivity index (χ2n) is 6.27. The van der Waals surface area contributed by atoms with E-state index >= 15 is 0 Å². The van der Waals surface area contributed by atoms with Gasteiger partial charge in [-0.2, -0.15) is 0 Å². The first-order valence-corrected chi connectivity index (χ1v) is 10.2. The summed E-state index contributed by atoms with van der Waals surface area (Å²) in [6.07, 6.45) is 10.9. The molecule has 130 valence electrons. The van der Waals surface area contributed by atoms with Crippen LogP contribution in [0.5, 0.6) is 0 Å². The quantitative estimate of drug-likeness (QED) is 0.334. The Morgan fingerprint density at radius 3 is 1.36 bits per heavy atom. The molecule has 4 heteroatoms. The summed E-state index contributed by atoms with van der Waals surface area (Å²) in [6.45, 7) is 0. The number of fused-ring (bicyclic) bond motifs is 2. The van der Waals surface area contributed by atoms with E-state index in [0.717, 1.165) is 52.7 Å². The third kappa shape index (κ3) is 2.86. The Morgan fingerprint density at radius 2 is 1.00 bits per heavy atom. The van der Waals surface area contributed by atoms with Crippen molar-refractivity contribution in [1.29, 1.82) is 0 Å². The van der Waals surface area contributed by atoms with Crippen LogP contribution < -0.4 is 0 Å². The highest BCUT2D eigenvalue weighted by Crippen LogP contribution is 2.36. The standard InChI is InChI=1S/C24H12N2S2/c1-3-15-5-9-17(10-6-15)23-25-19-13-22-20(14-21(19)27-23)26-24(28-22)18-11-7-16(4-2)8-12-18/h1-2,5-14H. The zero-order chi connectivity index (χ0) is 19.1. The lowest BCUT2D eigenvalue weighted by Crippen LogP contribution is -1.77. The first-order valence-electron chi connectivity index (χ1n) is 8.59. The maximum atomic E-state index is 5.44. The van der Waals surface area contributed by atoms with Crippen molar-refractivity contribution in [2.75, 3.05) is 0 Å². The van der Waals surface area contributed by atoms with Crippen molar-refractivity contribution in [3.05, 3.63) is 71.8 Å². The van der Waals surface area contributed by atoms with Gasteiger partial charge in [0.2, 0.25) is 0 Å². The molecule has 2 heterocycles. The van der Waals surface area contributed by atoms with Crippen LogP contribution in [0.25, 0.3) is 41.6 Å². The number of hydrogen-bond acceptors (Lipinski definition) is 4. The Bertz CT molecular complexity index is 1250. The summed E-state index contributed by atoms with van der Waals surface area (Å²) in [7, 11) is 0. The number of benzene rings is 3. The summed E-state index contributed by atoms with van der Waals surface area (Å²) in [6, 6.07) is 20.1. The lowest BCUT2D eigenvalue weighted by Gasteiger charge is -1.95. The van der Waals surface area contributed by atoms with Gasteiger partial charge < -0.3 is 0 Å². The molecule has 5 rings (SSSR count). The van der Waals surface area contributed by atoms with E-state index in [-0.39, 0.29) is 0 Å². The van der Waals surface area contributed by atoms with Gasteiger partial charge in [0.15, 0.2) is 0 Å². The van der Waals surface area contributed by atoms with E-state index in [1.807, 2.05) is 48.5 Å². The molecule has 0 fully saturated rings. The molecule has 0 aliphatic carbocycles. The summed E-state index contributed by atoms with van der Waals surface area (Å²) in [5.41, 5.74) is 5.88. The van der Waals surface area contributed by atoms with Crippen LogP contribution in [0.15, 0.2) is 60.7 Å². The molecule has 28 heavy (non-hydrogen) atoms. The summed E-state index contributed by atoms with van der Waals surface area (Å²) in [5, 5.41) is 1.97. The zero-order valence-corrected chi connectivity index (χ0v) is 16.3. The van der Waals surface area contributed by atoms with Crippen molar-refractivity contribution < 1.29 is 0 Å². The summed E-state index contributed by atoms with van der Waals surface area (Å²) >= 11 is 3.34. The van der Waals surface area contributed by atoms with Crippen molar-refractivity contribution in [2.45, 2.75) is 0 Å². The van der Waals surface area contributed by atoms with Gasteiger partial charge >= 0.3 is 0 Å². The van der Waals surface area contributed by atoms with Gasteiger partial charge in [0.1, 0.15) is 10.0 Å². The summed E-state index contributed by atoms with van der Waals surface area (Å²) < 4.78 is 2.26. The third-order valence-corrected chi connectivity index (χ3v) is 6.63. The van der Waals surface area contributed by atoms with Gasteiger partial charge in [-0.1, -0.05) is 36.1 Å². The van der Waals surface area contributed by atoms with Crippen LogP contribution in [0.2, 0.25) is 0 Å². The van der Waals surface area contributed by atoms with Crippen LogP contribution in [-0.2, 0) is 0 Å². The Morgan fingerprint density at radius 1 is 0.607 bits per heavy atom. The number of thiazole rings is 2. The number of nitrogens with zero attached hydrogens (tertiary/aromatic N) is 2. The van der Waals surface area contributed by atoms with Crippen LogP contribution in [0.4, 0.5) is 0 Å². The molecule has 0 amide bonds. The molecule has 0 saturated carbocycles. The minimum absolute atomic E-state index is 0.873. The Kier molecular flexibility index (Phi) is 3.95. The van der Waals surface area contributed by atoms with E-state index in [1.54, 1.807) is 22.7 Å². The molecule has 2 nitrogen and oxygen atoms in total. The summed E-state index contributed by atoms with van der Waals surface area (Å²) in [5.74, 6) is 5.28. The molecule has 0 bridgehead atoms. The zero-order valence-electron chi connectivity index (χ0n) is 14.6. The lowest BCUT2D eigenvalue weighted by molar-refractivity contribution is 1.47. The number of hydrogen-bond donors (Lipinski definition) is 0. The monoisotopic (exact) mass is 392 g/mol. The Labute approximate surface area is 170 Å². The first kappa shape index (κ1) is 16.7. The topological polar surface area (TPSA) is 25.8 Å². The molecular weight excluding hydrogens is 380 g/mol. The molecule has 0 atom stereocenters. The molecule has 0 unspecified atom stereocenters. The first-order chi connectivity index (χ1) is 13.7. The maximum Gasteiger partial charge on any atom is 0.124 e. The van der Waals surface area contributed by atoms with Gasteiger partial charge in [0.05, 0.1) is 20.4 Å². The van der Waals surface area contributed by atoms with Gasteiger partial charge in [0, 0.05) is 22.3 Å². The van der Waals surface area contributed by atoms with E-state index in [2.05, 4.69) is 24.0 Å². The van der Waals surface area contributed by atoms with Gasteiger partial charge in [0.25, 0.3) is 0 Å². The van der Waals surface area contributed by atoms with Crippen molar-refractivity contribution in [3.8, 4) is 45.8 Å². The highest BCUT2D eigenvalue weighted by atomic mass is 32.1. The van der Waals surface area contributed by atoms with Gasteiger partial charge in [-0.3, -0.25) is 0 Å². The largest absolute Gasteiger partial charge is 0.236 e. The predicted octanol–water partition coefficient (Wildman–Crippen LogP) is 6.20. The normalized spacial score (nSPS) is 10.8. The van der Waals surface area contributed by atoms with Crippen molar-refractivity contribution >= 4 is 43.1 Å². The fraction of sp³-hybridized carbons (Fsp3) is 0. The summed E-state index contributed by atoms with van der Waals surface area (Å²) in [4.78, 5) is 9.63. The molecule has 0 radical (unpaired) electrons. The van der Waals surface area contributed by atoms with Crippen LogP contribution in [0.1, 0.15) is 11.1 Å². The van der Waals surface area contributed by atoms with E-state index in [4.69, 9.17) is 22.8 Å². The molecule has 5 aromatic rings.